The topological polar surface area (TPSA) is 30.5 Å². The van der Waals surface area contributed by atoms with Crippen molar-refractivity contribution < 1.29 is 22.6 Å². The SMILES string of the molecule is CCC1Oc2cc(Oc3ccc(C(F)(F)F)cc3Cl)ccc2NC1S. The van der Waals surface area contributed by atoms with Gasteiger partial charge < -0.3 is 14.8 Å². The number of thiol groups is 1. The molecule has 25 heavy (non-hydrogen) atoms. The summed E-state index contributed by atoms with van der Waals surface area (Å²) in [4.78, 5) is 0. The lowest BCUT2D eigenvalue weighted by Crippen LogP contribution is -2.37. The van der Waals surface area contributed by atoms with Crippen molar-refractivity contribution in [2.24, 2.45) is 0 Å². The Morgan fingerprint density at radius 1 is 1.24 bits per heavy atom. The van der Waals surface area contributed by atoms with Crippen LogP contribution in [0.25, 0.3) is 0 Å². The number of halogens is 4. The molecule has 1 aliphatic heterocycles. The van der Waals surface area contributed by atoms with Crippen LogP contribution in [0.5, 0.6) is 17.2 Å². The second-order valence-corrected chi connectivity index (χ2v) is 6.52. The minimum absolute atomic E-state index is 0.0965. The van der Waals surface area contributed by atoms with Crippen LogP contribution in [0.2, 0.25) is 5.02 Å². The molecule has 0 bridgehead atoms. The van der Waals surface area contributed by atoms with E-state index in [0.29, 0.717) is 11.5 Å². The molecule has 2 unspecified atom stereocenters. The van der Waals surface area contributed by atoms with Gasteiger partial charge in [-0.15, -0.1) is 0 Å². The van der Waals surface area contributed by atoms with Crippen molar-refractivity contribution in [2.45, 2.75) is 31.0 Å². The Morgan fingerprint density at radius 3 is 2.64 bits per heavy atom. The average Bonchev–Trinajstić information content (AvgIpc) is 2.55. The molecule has 2 aromatic carbocycles. The maximum atomic E-state index is 12.7. The number of hydrogen-bond acceptors (Lipinski definition) is 4. The van der Waals surface area contributed by atoms with Crippen LogP contribution in [-0.4, -0.2) is 11.5 Å². The van der Waals surface area contributed by atoms with Gasteiger partial charge in [0.05, 0.1) is 16.3 Å². The van der Waals surface area contributed by atoms with E-state index in [1.54, 1.807) is 18.2 Å². The van der Waals surface area contributed by atoms with Crippen molar-refractivity contribution in [2.75, 3.05) is 5.32 Å². The Morgan fingerprint density at radius 2 is 2.00 bits per heavy atom. The summed E-state index contributed by atoms with van der Waals surface area (Å²) >= 11 is 10.4. The molecule has 1 N–H and O–H groups in total. The molecule has 3 nitrogen and oxygen atoms in total. The van der Waals surface area contributed by atoms with Crippen LogP contribution in [-0.2, 0) is 6.18 Å². The van der Waals surface area contributed by atoms with Gasteiger partial charge >= 0.3 is 6.18 Å². The first-order valence-electron chi connectivity index (χ1n) is 7.58. The van der Waals surface area contributed by atoms with Gasteiger partial charge in [0.15, 0.2) is 0 Å². The molecule has 8 heteroatoms. The van der Waals surface area contributed by atoms with E-state index in [1.165, 1.54) is 6.07 Å². The zero-order valence-corrected chi connectivity index (χ0v) is 14.8. The van der Waals surface area contributed by atoms with Gasteiger partial charge in [-0.05, 0) is 36.8 Å². The van der Waals surface area contributed by atoms with Gasteiger partial charge in [-0.1, -0.05) is 18.5 Å². The van der Waals surface area contributed by atoms with Crippen molar-refractivity contribution in [3.63, 3.8) is 0 Å². The number of benzene rings is 2. The van der Waals surface area contributed by atoms with Crippen LogP contribution in [0, 0.1) is 0 Å². The van der Waals surface area contributed by atoms with Crippen molar-refractivity contribution in [3.8, 4) is 17.2 Å². The summed E-state index contributed by atoms with van der Waals surface area (Å²) in [6, 6.07) is 8.07. The van der Waals surface area contributed by atoms with Gasteiger partial charge in [0.1, 0.15) is 28.7 Å². The predicted molar refractivity (Wildman–Crippen MR) is 94.1 cm³/mol. The fourth-order valence-electron chi connectivity index (χ4n) is 2.46. The maximum Gasteiger partial charge on any atom is 0.416 e. The fourth-order valence-corrected chi connectivity index (χ4v) is 3.09. The molecule has 2 aromatic rings. The molecule has 0 saturated heterocycles. The molecule has 1 heterocycles. The van der Waals surface area contributed by atoms with Crippen LogP contribution < -0.4 is 14.8 Å². The molecule has 3 rings (SSSR count). The van der Waals surface area contributed by atoms with Crippen LogP contribution in [0.15, 0.2) is 36.4 Å². The van der Waals surface area contributed by atoms with Crippen molar-refractivity contribution in [1.29, 1.82) is 0 Å². The van der Waals surface area contributed by atoms with Gasteiger partial charge in [-0.25, -0.2) is 0 Å². The molecular weight excluding hydrogens is 375 g/mol. The molecule has 0 radical (unpaired) electrons. The Hall–Kier alpha value is -1.73. The maximum absolute atomic E-state index is 12.7. The Balaban J connectivity index is 1.83. The van der Waals surface area contributed by atoms with Crippen molar-refractivity contribution in [1.82, 2.24) is 0 Å². The monoisotopic (exact) mass is 389 g/mol. The number of nitrogens with one attached hydrogen (secondary N) is 1. The first-order chi connectivity index (χ1) is 11.8. The minimum Gasteiger partial charge on any atom is -0.485 e. The van der Waals surface area contributed by atoms with E-state index in [2.05, 4.69) is 17.9 Å². The molecule has 0 aliphatic carbocycles. The van der Waals surface area contributed by atoms with Crippen LogP contribution in [0.1, 0.15) is 18.9 Å². The second-order valence-electron chi connectivity index (χ2n) is 5.56. The Labute approximate surface area is 153 Å². The standard InChI is InChI=1S/C17H15ClF3NO2S/c1-2-13-16(25)22-12-5-4-10(8-15(12)24-13)23-14-6-3-9(7-11(14)18)17(19,20)21/h3-8,13,16,22,25H,2H2,1H3. The fraction of sp³-hybridized carbons (Fsp3) is 0.294. The smallest absolute Gasteiger partial charge is 0.416 e. The van der Waals surface area contributed by atoms with Crippen LogP contribution >= 0.6 is 24.2 Å². The van der Waals surface area contributed by atoms with Gasteiger partial charge in [-0.3, -0.25) is 0 Å². The van der Waals surface area contributed by atoms with Gasteiger partial charge in [-0.2, -0.15) is 25.8 Å². The first-order valence-corrected chi connectivity index (χ1v) is 8.47. The van der Waals surface area contributed by atoms with E-state index in [9.17, 15) is 13.2 Å². The normalized spacial score (nSPS) is 19.6. The molecule has 0 saturated carbocycles. The highest BCUT2D eigenvalue weighted by Crippen LogP contribution is 2.40. The lowest BCUT2D eigenvalue weighted by Gasteiger charge is -2.32. The third kappa shape index (κ3) is 3.93. The Kier molecular flexibility index (Phi) is 4.97. The molecule has 134 valence electrons. The average molecular weight is 390 g/mol. The van der Waals surface area contributed by atoms with E-state index in [-0.39, 0.29) is 22.2 Å². The number of fused-ring (bicyclic) bond motifs is 1. The molecule has 0 amide bonds. The number of anilines is 1. The van der Waals surface area contributed by atoms with E-state index in [4.69, 9.17) is 21.1 Å². The predicted octanol–water partition coefficient (Wildman–Crippen LogP) is 5.99. The number of ether oxygens (including phenoxy) is 2. The van der Waals surface area contributed by atoms with E-state index in [1.807, 2.05) is 6.92 Å². The van der Waals surface area contributed by atoms with Gasteiger partial charge in [0.25, 0.3) is 0 Å². The number of alkyl halides is 3. The first kappa shape index (κ1) is 18.1. The largest absolute Gasteiger partial charge is 0.485 e. The minimum atomic E-state index is -4.45. The van der Waals surface area contributed by atoms with Crippen molar-refractivity contribution in [3.05, 3.63) is 47.0 Å². The summed E-state index contributed by atoms with van der Waals surface area (Å²) in [5.74, 6) is 1.14. The van der Waals surface area contributed by atoms with E-state index >= 15 is 0 Å². The molecular formula is C17H15ClF3NO2S. The number of rotatable bonds is 3. The van der Waals surface area contributed by atoms with E-state index in [0.717, 1.165) is 24.2 Å². The van der Waals surface area contributed by atoms with Crippen molar-refractivity contribution >= 4 is 29.9 Å². The lowest BCUT2D eigenvalue weighted by molar-refractivity contribution is -0.137. The quantitative estimate of drug-likeness (QED) is 0.632. The lowest BCUT2D eigenvalue weighted by atomic mass is 10.2. The number of hydrogen-bond donors (Lipinski definition) is 2. The van der Waals surface area contributed by atoms with Crippen LogP contribution in [0.4, 0.5) is 18.9 Å². The summed E-state index contributed by atoms with van der Waals surface area (Å²) in [7, 11) is 0. The van der Waals surface area contributed by atoms with Crippen LogP contribution in [0.3, 0.4) is 0 Å². The summed E-state index contributed by atoms with van der Waals surface area (Å²) in [5.41, 5.74) is -0.0519. The Bertz CT molecular complexity index is 785. The highest BCUT2D eigenvalue weighted by atomic mass is 35.5. The molecule has 1 aliphatic rings. The third-order valence-electron chi connectivity index (χ3n) is 3.78. The molecule has 2 atom stereocenters. The zero-order valence-electron chi connectivity index (χ0n) is 13.1. The summed E-state index contributed by atoms with van der Waals surface area (Å²) < 4.78 is 49.5. The van der Waals surface area contributed by atoms with Gasteiger partial charge in [0, 0.05) is 6.07 Å². The third-order valence-corrected chi connectivity index (χ3v) is 4.53. The van der Waals surface area contributed by atoms with E-state index < -0.39 is 11.7 Å². The molecule has 0 fully saturated rings. The second kappa shape index (κ2) is 6.88. The zero-order chi connectivity index (χ0) is 18.2. The highest BCUT2D eigenvalue weighted by Gasteiger charge is 2.31. The molecule has 0 spiro atoms. The highest BCUT2D eigenvalue weighted by molar-refractivity contribution is 7.81. The summed E-state index contributed by atoms with van der Waals surface area (Å²) in [6.07, 6.45) is -3.77. The molecule has 0 aromatic heterocycles. The summed E-state index contributed by atoms with van der Waals surface area (Å²) in [6.45, 7) is 1.99. The summed E-state index contributed by atoms with van der Waals surface area (Å²) in [5, 5.41) is 2.99. The van der Waals surface area contributed by atoms with Gasteiger partial charge in [0.2, 0.25) is 0 Å².